The van der Waals surface area contributed by atoms with Gasteiger partial charge in [-0.15, -0.1) is 0 Å². The molecule has 0 radical (unpaired) electrons. The average Bonchev–Trinajstić information content (AvgIpc) is 3.07. The van der Waals surface area contributed by atoms with E-state index in [0.29, 0.717) is 5.82 Å². The number of anilines is 1. The van der Waals surface area contributed by atoms with Crippen LogP contribution in [0.1, 0.15) is 43.7 Å². The number of aromatic nitrogens is 1. The summed E-state index contributed by atoms with van der Waals surface area (Å²) >= 11 is 0. The lowest BCUT2D eigenvalue weighted by Gasteiger charge is -2.31. The predicted octanol–water partition coefficient (Wildman–Crippen LogP) is 5.28. The number of nitrogen functional groups attached to an aromatic ring is 1. The van der Waals surface area contributed by atoms with Crippen LogP contribution in [0.4, 0.5) is 10.2 Å². The minimum atomic E-state index is -0.155. The standard InChI is InChI=1S/C25H30FN3/c1-18-9-12-25(17-18,28-14-11-19-3-2-4-22(26)15-19)13-10-20-5-6-21-7-8-24(27)29-23(21)16-20/h2-8,15-16,18,28H,9-14,17H2,1H3,(H2,27,29)/t18-,25+/m0/s1. The number of nitrogens with one attached hydrogen (secondary N) is 1. The number of rotatable bonds is 7. The Hall–Kier alpha value is -2.46. The maximum Gasteiger partial charge on any atom is 0.124 e. The Morgan fingerprint density at radius 3 is 2.72 bits per heavy atom. The van der Waals surface area contributed by atoms with Gasteiger partial charge in [-0.2, -0.15) is 0 Å². The van der Waals surface area contributed by atoms with Gasteiger partial charge in [0.05, 0.1) is 5.52 Å². The molecule has 0 bridgehead atoms. The van der Waals surface area contributed by atoms with Gasteiger partial charge in [0.25, 0.3) is 0 Å². The molecule has 1 aliphatic carbocycles. The van der Waals surface area contributed by atoms with Crippen molar-refractivity contribution < 1.29 is 4.39 Å². The number of halogens is 1. The Balaban J connectivity index is 1.41. The van der Waals surface area contributed by atoms with E-state index in [1.165, 1.54) is 30.9 Å². The van der Waals surface area contributed by atoms with Crippen LogP contribution in [-0.4, -0.2) is 17.1 Å². The van der Waals surface area contributed by atoms with Crippen LogP contribution in [0, 0.1) is 11.7 Å². The number of nitrogens with zero attached hydrogens (tertiary/aromatic N) is 1. The minimum absolute atomic E-state index is 0.155. The van der Waals surface area contributed by atoms with Crippen molar-refractivity contribution in [2.45, 2.75) is 51.0 Å². The average molecular weight is 392 g/mol. The highest BCUT2D eigenvalue weighted by molar-refractivity contribution is 5.80. The number of pyridine rings is 1. The lowest BCUT2D eigenvalue weighted by Crippen LogP contribution is -2.44. The summed E-state index contributed by atoms with van der Waals surface area (Å²) < 4.78 is 13.4. The third-order valence-corrected chi connectivity index (χ3v) is 6.33. The zero-order chi connectivity index (χ0) is 20.3. The van der Waals surface area contributed by atoms with Gasteiger partial charge < -0.3 is 11.1 Å². The Kier molecular flexibility index (Phi) is 5.81. The summed E-state index contributed by atoms with van der Waals surface area (Å²) in [6.45, 7) is 3.23. The van der Waals surface area contributed by atoms with Crippen LogP contribution < -0.4 is 11.1 Å². The Morgan fingerprint density at radius 1 is 1.10 bits per heavy atom. The van der Waals surface area contributed by atoms with Crippen molar-refractivity contribution in [3.05, 3.63) is 71.5 Å². The molecule has 0 spiro atoms. The lowest BCUT2D eigenvalue weighted by atomic mass is 9.88. The summed E-state index contributed by atoms with van der Waals surface area (Å²) in [6, 6.07) is 17.3. The first-order valence-electron chi connectivity index (χ1n) is 10.7. The summed E-state index contributed by atoms with van der Waals surface area (Å²) in [6.07, 6.45) is 6.65. The highest BCUT2D eigenvalue weighted by Crippen LogP contribution is 2.37. The fourth-order valence-electron chi connectivity index (χ4n) is 4.75. The van der Waals surface area contributed by atoms with E-state index >= 15 is 0 Å². The number of hydrogen-bond acceptors (Lipinski definition) is 3. The normalized spacial score (nSPS) is 21.7. The molecule has 3 nitrogen and oxygen atoms in total. The molecule has 2 aromatic carbocycles. The fourth-order valence-corrected chi connectivity index (χ4v) is 4.75. The Labute approximate surface area is 172 Å². The van der Waals surface area contributed by atoms with Gasteiger partial charge in [-0.05, 0) is 92.4 Å². The third kappa shape index (κ3) is 4.94. The quantitative estimate of drug-likeness (QED) is 0.576. The van der Waals surface area contributed by atoms with Gasteiger partial charge >= 0.3 is 0 Å². The van der Waals surface area contributed by atoms with Gasteiger partial charge in [-0.25, -0.2) is 9.37 Å². The van der Waals surface area contributed by atoms with E-state index < -0.39 is 0 Å². The SMILES string of the molecule is C[C@H]1CC[C@](CCc2ccc3ccc(N)nc3c2)(NCCc2cccc(F)c2)C1. The molecular weight excluding hydrogens is 361 g/mol. The van der Waals surface area contributed by atoms with Crippen LogP contribution in [0.5, 0.6) is 0 Å². The first kappa shape index (κ1) is 19.8. The third-order valence-electron chi connectivity index (χ3n) is 6.33. The molecule has 29 heavy (non-hydrogen) atoms. The minimum Gasteiger partial charge on any atom is -0.384 e. The van der Waals surface area contributed by atoms with E-state index in [1.807, 2.05) is 18.2 Å². The van der Waals surface area contributed by atoms with Crippen molar-refractivity contribution in [3.8, 4) is 0 Å². The van der Waals surface area contributed by atoms with Crippen LogP contribution in [0.3, 0.4) is 0 Å². The maximum absolute atomic E-state index is 13.4. The summed E-state index contributed by atoms with van der Waals surface area (Å²) in [4.78, 5) is 4.47. The highest BCUT2D eigenvalue weighted by atomic mass is 19.1. The number of benzene rings is 2. The molecule has 4 rings (SSSR count). The van der Waals surface area contributed by atoms with Crippen molar-refractivity contribution in [1.82, 2.24) is 10.3 Å². The molecule has 3 aromatic rings. The highest BCUT2D eigenvalue weighted by Gasteiger charge is 2.36. The van der Waals surface area contributed by atoms with E-state index in [2.05, 4.69) is 35.4 Å². The second-order valence-corrected chi connectivity index (χ2v) is 8.70. The van der Waals surface area contributed by atoms with Gasteiger partial charge in [0.2, 0.25) is 0 Å². The van der Waals surface area contributed by atoms with Gasteiger partial charge in [0.1, 0.15) is 11.6 Å². The summed E-state index contributed by atoms with van der Waals surface area (Å²) in [5.41, 5.74) is 9.35. The van der Waals surface area contributed by atoms with Crippen molar-refractivity contribution in [3.63, 3.8) is 0 Å². The number of nitrogens with two attached hydrogens (primary N) is 1. The molecule has 4 heteroatoms. The summed E-state index contributed by atoms with van der Waals surface area (Å²) in [7, 11) is 0. The molecular formula is C25H30FN3. The zero-order valence-electron chi connectivity index (χ0n) is 17.1. The van der Waals surface area contributed by atoms with Crippen LogP contribution >= 0.6 is 0 Å². The monoisotopic (exact) mass is 391 g/mol. The second kappa shape index (κ2) is 8.50. The molecule has 1 heterocycles. The summed E-state index contributed by atoms with van der Waals surface area (Å²) in [5, 5.41) is 4.98. The van der Waals surface area contributed by atoms with E-state index in [1.54, 1.807) is 12.1 Å². The van der Waals surface area contributed by atoms with E-state index in [9.17, 15) is 4.39 Å². The van der Waals surface area contributed by atoms with E-state index in [-0.39, 0.29) is 11.4 Å². The predicted molar refractivity (Wildman–Crippen MR) is 118 cm³/mol. The maximum atomic E-state index is 13.4. The van der Waals surface area contributed by atoms with Crippen LogP contribution in [-0.2, 0) is 12.8 Å². The Bertz CT molecular complexity index is 987. The molecule has 152 valence electrons. The van der Waals surface area contributed by atoms with Gasteiger partial charge in [0, 0.05) is 10.9 Å². The van der Waals surface area contributed by atoms with E-state index in [4.69, 9.17) is 5.73 Å². The molecule has 0 amide bonds. The topological polar surface area (TPSA) is 50.9 Å². The van der Waals surface area contributed by atoms with Gasteiger partial charge in [-0.3, -0.25) is 0 Å². The van der Waals surface area contributed by atoms with Crippen molar-refractivity contribution in [1.29, 1.82) is 0 Å². The fraction of sp³-hybridized carbons (Fsp3) is 0.400. The molecule has 0 saturated heterocycles. The molecule has 3 N–H and O–H groups in total. The number of aryl methyl sites for hydroxylation is 1. The van der Waals surface area contributed by atoms with Gasteiger partial charge in [-0.1, -0.05) is 31.2 Å². The molecule has 2 atom stereocenters. The molecule has 1 aromatic heterocycles. The first-order chi connectivity index (χ1) is 14.0. The molecule has 1 aliphatic rings. The van der Waals surface area contributed by atoms with Crippen molar-refractivity contribution in [2.24, 2.45) is 5.92 Å². The Morgan fingerprint density at radius 2 is 1.93 bits per heavy atom. The molecule has 1 fully saturated rings. The van der Waals surface area contributed by atoms with Gasteiger partial charge in [0.15, 0.2) is 0 Å². The lowest BCUT2D eigenvalue weighted by molar-refractivity contribution is 0.302. The first-order valence-corrected chi connectivity index (χ1v) is 10.7. The molecule has 1 saturated carbocycles. The van der Waals surface area contributed by atoms with Crippen molar-refractivity contribution >= 4 is 16.7 Å². The second-order valence-electron chi connectivity index (χ2n) is 8.70. The van der Waals surface area contributed by atoms with Crippen LogP contribution in [0.2, 0.25) is 0 Å². The smallest absolute Gasteiger partial charge is 0.124 e. The number of hydrogen-bond donors (Lipinski definition) is 2. The zero-order valence-corrected chi connectivity index (χ0v) is 17.1. The van der Waals surface area contributed by atoms with Crippen LogP contribution in [0.25, 0.3) is 10.9 Å². The number of fused-ring (bicyclic) bond motifs is 1. The van der Waals surface area contributed by atoms with Crippen LogP contribution in [0.15, 0.2) is 54.6 Å². The van der Waals surface area contributed by atoms with Crippen molar-refractivity contribution in [2.75, 3.05) is 12.3 Å². The molecule has 0 unspecified atom stereocenters. The summed E-state index contributed by atoms with van der Waals surface area (Å²) in [5.74, 6) is 1.15. The largest absolute Gasteiger partial charge is 0.384 e. The van der Waals surface area contributed by atoms with E-state index in [0.717, 1.165) is 48.2 Å². The molecule has 0 aliphatic heterocycles.